The van der Waals surface area contributed by atoms with Gasteiger partial charge in [0.05, 0.1) is 39.6 Å². The molecular weight excluding hydrogens is 829 g/mol. The van der Waals surface area contributed by atoms with Gasteiger partial charge in [-0.1, -0.05) is 76.2 Å². The third-order valence-corrected chi connectivity index (χ3v) is 11.6. The van der Waals surface area contributed by atoms with Gasteiger partial charge >= 0.3 is 0 Å². The number of hydrazine groups is 2. The van der Waals surface area contributed by atoms with Crippen molar-refractivity contribution in [3.05, 3.63) is 200 Å². The molecule has 4 aromatic carbocycles. The van der Waals surface area contributed by atoms with Crippen molar-refractivity contribution in [1.82, 2.24) is 0 Å². The second-order valence-corrected chi connectivity index (χ2v) is 16.8. The smallest absolute Gasteiger partial charge is 0.235 e. The van der Waals surface area contributed by atoms with Gasteiger partial charge < -0.3 is 32.1 Å². The summed E-state index contributed by atoms with van der Waals surface area (Å²) >= 11 is 0. The average molecular weight is 877 g/mol. The van der Waals surface area contributed by atoms with E-state index in [2.05, 4.69) is 32.0 Å². The zero-order chi connectivity index (χ0) is 46.8. The highest BCUT2D eigenvalue weighted by molar-refractivity contribution is 6.56. The number of nitrogens with zero attached hydrogens (tertiary/aromatic N) is 1. The standard InChI is InChI=1S/C54H48N6O6/c1-29(2)43-39-25-31(5)45(51(63)47(39)41(49(61)53(43)65)27-55-33-17-21-37(22-18-33)59-57-35-13-9-7-10-14-35)46-32(6)26-40-44(30(3)4)54(66)50(62)42(48(40)52(46)64)28-56-34-19-23-38(24-20-34)60-58-36-15-11-8-12-16-36/h7-30,55,57-60,65H,1-6H3. The molecule has 0 radical (unpaired) electrons. The zero-order valence-electron chi connectivity index (χ0n) is 37.3. The summed E-state index contributed by atoms with van der Waals surface area (Å²) in [5.41, 5.74) is 18.7. The van der Waals surface area contributed by atoms with Gasteiger partial charge in [0.25, 0.3) is 0 Å². The molecule has 0 aliphatic heterocycles. The number of aliphatic imine (C=N–C) groups is 1. The van der Waals surface area contributed by atoms with Crippen LogP contribution >= 0.6 is 0 Å². The molecule has 6 N–H and O–H groups in total. The van der Waals surface area contributed by atoms with Crippen molar-refractivity contribution in [3.8, 4) is 0 Å². The van der Waals surface area contributed by atoms with E-state index in [-0.39, 0.29) is 44.9 Å². The predicted molar refractivity (Wildman–Crippen MR) is 260 cm³/mol. The Bertz CT molecular complexity index is 3010. The van der Waals surface area contributed by atoms with Crippen molar-refractivity contribution >= 4 is 69.3 Å². The Morgan fingerprint density at radius 2 is 0.939 bits per heavy atom. The van der Waals surface area contributed by atoms with Crippen molar-refractivity contribution in [1.29, 1.82) is 0 Å². The normalized spacial score (nSPS) is 18.4. The molecule has 330 valence electrons. The number of hydrogen-bond acceptors (Lipinski definition) is 12. The van der Waals surface area contributed by atoms with Crippen molar-refractivity contribution in [2.24, 2.45) is 16.8 Å². The van der Waals surface area contributed by atoms with Crippen molar-refractivity contribution in [2.75, 3.05) is 27.0 Å². The number of aliphatic hydroxyl groups is 1. The van der Waals surface area contributed by atoms with Gasteiger partial charge in [-0.2, -0.15) is 0 Å². The van der Waals surface area contributed by atoms with Crippen LogP contribution in [0.4, 0.5) is 34.1 Å². The molecule has 4 aromatic rings. The van der Waals surface area contributed by atoms with Crippen LogP contribution in [0, 0.1) is 11.8 Å². The first-order valence-corrected chi connectivity index (χ1v) is 21.6. The molecule has 66 heavy (non-hydrogen) atoms. The van der Waals surface area contributed by atoms with Crippen molar-refractivity contribution in [3.63, 3.8) is 0 Å². The Morgan fingerprint density at radius 1 is 0.485 bits per heavy atom. The number of allylic oxidation sites excluding steroid dienone is 14. The van der Waals surface area contributed by atoms with Gasteiger partial charge in [0.1, 0.15) is 0 Å². The number of Topliss-reactive ketones (excluding diaryl/α,β-unsaturated/α-hetero) is 5. The first-order chi connectivity index (χ1) is 31.7. The van der Waals surface area contributed by atoms with Crippen LogP contribution < -0.4 is 27.0 Å². The van der Waals surface area contributed by atoms with Gasteiger partial charge in [0, 0.05) is 51.5 Å². The van der Waals surface area contributed by atoms with E-state index in [4.69, 9.17) is 0 Å². The molecule has 0 saturated heterocycles. The van der Waals surface area contributed by atoms with Gasteiger partial charge in [0.15, 0.2) is 17.3 Å². The summed E-state index contributed by atoms with van der Waals surface area (Å²) in [5, 5.41) is 14.5. The van der Waals surface area contributed by atoms with Crippen LogP contribution in [0.2, 0.25) is 0 Å². The SMILES string of the molecule is CC1=CC2=C(C(=O)C1=C1C(=O)C3=C(C=Nc4ccc(NNc5ccccc5)cc4)C(=O)C(=O)C(C(C)C)=C3C=C1C)C(=CNc1ccc(NNc3ccccc3)cc1)C(=O)C(O)=C2C(C)C. The lowest BCUT2D eigenvalue weighted by atomic mass is 9.69. The highest BCUT2D eigenvalue weighted by Crippen LogP contribution is 2.46. The number of rotatable bonds is 12. The lowest BCUT2D eigenvalue weighted by Crippen LogP contribution is -2.34. The summed E-state index contributed by atoms with van der Waals surface area (Å²) in [6.45, 7) is 10.6. The molecule has 12 heteroatoms. The number of carbonyl (C=O) groups excluding carboxylic acids is 5. The topological polar surface area (TPSA) is 178 Å². The van der Waals surface area contributed by atoms with Gasteiger partial charge in [-0.25, -0.2) is 0 Å². The molecule has 0 saturated carbocycles. The van der Waals surface area contributed by atoms with Crippen LogP contribution in [-0.2, 0) is 24.0 Å². The third-order valence-electron chi connectivity index (χ3n) is 11.6. The minimum Gasteiger partial charge on any atom is -0.504 e. The minimum absolute atomic E-state index is 0.0275. The summed E-state index contributed by atoms with van der Waals surface area (Å²) in [6, 6.07) is 33.4. The van der Waals surface area contributed by atoms with Crippen LogP contribution in [0.25, 0.3) is 0 Å². The van der Waals surface area contributed by atoms with E-state index in [0.717, 1.165) is 22.7 Å². The second kappa shape index (κ2) is 18.4. The molecule has 0 aromatic heterocycles. The molecule has 0 atom stereocenters. The van der Waals surface area contributed by atoms with Crippen molar-refractivity contribution in [2.45, 2.75) is 41.5 Å². The summed E-state index contributed by atoms with van der Waals surface area (Å²) in [4.78, 5) is 76.7. The highest BCUT2D eigenvalue weighted by Gasteiger charge is 2.44. The molecule has 4 aliphatic carbocycles. The number of carbonyl (C=O) groups is 5. The van der Waals surface area contributed by atoms with Crippen molar-refractivity contribution < 1.29 is 29.1 Å². The fourth-order valence-electron chi connectivity index (χ4n) is 8.45. The second-order valence-electron chi connectivity index (χ2n) is 16.8. The van der Waals surface area contributed by atoms with E-state index >= 15 is 9.59 Å². The monoisotopic (exact) mass is 876 g/mol. The number of anilines is 5. The maximum absolute atomic E-state index is 15.2. The molecule has 0 heterocycles. The molecule has 8 rings (SSSR count). The number of para-hydroxylation sites is 2. The van der Waals surface area contributed by atoms with Crippen LogP contribution in [0.1, 0.15) is 41.5 Å². The minimum atomic E-state index is -0.878. The van der Waals surface area contributed by atoms with E-state index in [0.29, 0.717) is 39.2 Å². The summed E-state index contributed by atoms with van der Waals surface area (Å²) in [6.07, 6.45) is 6.04. The molecule has 0 fully saturated rings. The van der Waals surface area contributed by atoms with E-state index < -0.39 is 40.6 Å². The Morgan fingerprint density at radius 3 is 1.45 bits per heavy atom. The average Bonchev–Trinajstić information content (AvgIpc) is 3.30. The van der Waals surface area contributed by atoms with Crippen LogP contribution in [0.15, 0.2) is 205 Å². The molecule has 0 bridgehead atoms. The number of hydrogen-bond donors (Lipinski definition) is 6. The van der Waals surface area contributed by atoms with Crippen LogP contribution in [0.5, 0.6) is 0 Å². The lowest BCUT2D eigenvalue weighted by Gasteiger charge is -2.32. The molecule has 0 amide bonds. The van der Waals surface area contributed by atoms with E-state index in [1.54, 1.807) is 76.2 Å². The maximum Gasteiger partial charge on any atom is 0.235 e. The lowest BCUT2D eigenvalue weighted by molar-refractivity contribution is -0.132. The molecule has 4 aliphatic rings. The molecular formula is C54H48N6O6. The van der Waals surface area contributed by atoms with Crippen LogP contribution in [0.3, 0.4) is 0 Å². The Balaban J connectivity index is 1.17. The number of benzene rings is 4. The van der Waals surface area contributed by atoms with E-state index in [1.807, 2.05) is 86.6 Å². The van der Waals surface area contributed by atoms with Crippen LogP contribution in [-0.4, -0.2) is 40.2 Å². The number of ketones is 5. The fraction of sp³-hybridized carbons (Fsp3) is 0.148. The first kappa shape index (κ1) is 44.2. The highest BCUT2D eigenvalue weighted by atomic mass is 16.3. The quantitative estimate of drug-likeness (QED) is 0.0262. The largest absolute Gasteiger partial charge is 0.504 e. The maximum atomic E-state index is 15.2. The molecule has 0 spiro atoms. The predicted octanol–water partition coefficient (Wildman–Crippen LogP) is 10.4. The van der Waals surface area contributed by atoms with Gasteiger partial charge in [-0.15, -0.1) is 0 Å². The fourth-order valence-corrected chi connectivity index (χ4v) is 8.45. The van der Waals surface area contributed by atoms with E-state index in [9.17, 15) is 19.5 Å². The number of fused-ring (bicyclic) bond motifs is 1. The first-order valence-electron chi connectivity index (χ1n) is 21.6. The van der Waals surface area contributed by atoms with E-state index in [1.165, 1.54) is 12.4 Å². The molecule has 0 unspecified atom stereocenters. The van der Waals surface area contributed by atoms with Gasteiger partial charge in [-0.05, 0) is 121 Å². The Kier molecular flexibility index (Phi) is 12.3. The zero-order valence-corrected chi connectivity index (χ0v) is 37.3. The number of aliphatic hydroxyl groups excluding tert-OH is 1. The third kappa shape index (κ3) is 8.51. The van der Waals surface area contributed by atoms with Gasteiger partial charge in [-0.3, -0.25) is 29.0 Å². The Hall–Kier alpha value is -8.38. The summed E-state index contributed by atoms with van der Waals surface area (Å²) in [7, 11) is 0. The number of nitrogens with one attached hydrogen (secondary N) is 5. The summed E-state index contributed by atoms with van der Waals surface area (Å²) in [5.74, 6) is -4.80. The van der Waals surface area contributed by atoms with Gasteiger partial charge in [0.2, 0.25) is 17.3 Å². The Labute approximate surface area is 382 Å². The summed E-state index contributed by atoms with van der Waals surface area (Å²) < 4.78 is 0. The molecule has 12 nitrogen and oxygen atoms in total.